The first-order chi connectivity index (χ1) is 9.04. The molecule has 2 amide bonds. The summed E-state index contributed by atoms with van der Waals surface area (Å²) in [6.45, 7) is 5.05. The molecule has 4 heteroatoms. The molecule has 0 bridgehead atoms. The summed E-state index contributed by atoms with van der Waals surface area (Å²) < 4.78 is 0. The quantitative estimate of drug-likeness (QED) is 0.824. The summed E-state index contributed by atoms with van der Waals surface area (Å²) in [5, 5.41) is 2.65. The van der Waals surface area contributed by atoms with Crippen LogP contribution in [-0.2, 0) is 16.1 Å². The number of nitrogens with zero attached hydrogens (tertiary/aromatic N) is 1. The number of amides is 2. The Morgan fingerprint density at radius 2 is 2.05 bits per heavy atom. The molecule has 0 saturated heterocycles. The van der Waals surface area contributed by atoms with Crippen molar-refractivity contribution in [2.75, 3.05) is 13.6 Å². The first-order valence-corrected chi connectivity index (χ1v) is 6.63. The number of benzene rings is 1. The van der Waals surface area contributed by atoms with E-state index in [9.17, 15) is 9.59 Å². The lowest BCUT2D eigenvalue weighted by atomic mass is 10.1. The summed E-state index contributed by atoms with van der Waals surface area (Å²) >= 11 is 0. The molecule has 104 valence electrons. The maximum atomic E-state index is 11.8. The van der Waals surface area contributed by atoms with Gasteiger partial charge >= 0.3 is 11.8 Å². The second-order valence-electron chi connectivity index (χ2n) is 4.75. The molecule has 0 aliphatic heterocycles. The van der Waals surface area contributed by atoms with Crippen molar-refractivity contribution in [3.8, 4) is 0 Å². The highest BCUT2D eigenvalue weighted by atomic mass is 16.2. The van der Waals surface area contributed by atoms with E-state index in [0.717, 1.165) is 24.0 Å². The Kier molecular flexibility index (Phi) is 6.06. The van der Waals surface area contributed by atoms with E-state index >= 15 is 0 Å². The largest absolute Gasteiger partial charge is 0.344 e. The number of unbranched alkanes of at least 4 members (excludes halogenated alkanes) is 1. The fourth-order valence-corrected chi connectivity index (χ4v) is 1.75. The lowest BCUT2D eigenvalue weighted by Crippen LogP contribution is -2.41. The van der Waals surface area contributed by atoms with E-state index in [2.05, 4.69) is 12.2 Å². The molecule has 0 spiro atoms. The zero-order valence-electron chi connectivity index (χ0n) is 11.9. The van der Waals surface area contributed by atoms with Crippen molar-refractivity contribution in [1.29, 1.82) is 0 Å². The van der Waals surface area contributed by atoms with Gasteiger partial charge in [0.25, 0.3) is 0 Å². The second-order valence-corrected chi connectivity index (χ2v) is 4.75. The Hall–Kier alpha value is -1.84. The Morgan fingerprint density at radius 1 is 1.32 bits per heavy atom. The highest BCUT2D eigenvalue weighted by molar-refractivity contribution is 6.34. The van der Waals surface area contributed by atoms with Crippen molar-refractivity contribution in [2.45, 2.75) is 33.2 Å². The van der Waals surface area contributed by atoms with Crippen LogP contribution in [0.15, 0.2) is 24.3 Å². The van der Waals surface area contributed by atoms with Gasteiger partial charge in [-0.3, -0.25) is 9.59 Å². The molecule has 0 heterocycles. The van der Waals surface area contributed by atoms with Crippen molar-refractivity contribution in [3.63, 3.8) is 0 Å². The lowest BCUT2D eigenvalue weighted by molar-refractivity contribution is -0.145. The van der Waals surface area contributed by atoms with Crippen molar-refractivity contribution < 1.29 is 9.59 Å². The zero-order valence-corrected chi connectivity index (χ0v) is 11.9. The van der Waals surface area contributed by atoms with Gasteiger partial charge in [0.05, 0.1) is 0 Å². The van der Waals surface area contributed by atoms with Crippen molar-refractivity contribution in [2.24, 2.45) is 0 Å². The van der Waals surface area contributed by atoms with Gasteiger partial charge in [0.15, 0.2) is 0 Å². The average Bonchev–Trinajstić information content (AvgIpc) is 2.41. The highest BCUT2D eigenvalue weighted by Crippen LogP contribution is 2.03. The Balaban J connectivity index is 2.44. The van der Waals surface area contributed by atoms with Crippen LogP contribution in [0.3, 0.4) is 0 Å². The minimum Gasteiger partial charge on any atom is -0.344 e. The molecular formula is C15H22N2O2. The smallest absolute Gasteiger partial charge is 0.311 e. The topological polar surface area (TPSA) is 49.4 Å². The van der Waals surface area contributed by atoms with Crippen molar-refractivity contribution in [3.05, 3.63) is 35.4 Å². The number of aryl methyl sites for hydroxylation is 1. The predicted molar refractivity (Wildman–Crippen MR) is 75.6 cm³/mol. The normalized spacial score (nSPS) is 10.1. The van der Waals surface area contributed by atoms with Crippen LogP contribution in [0.2, 0.25) is 0 Å². The van der Waals surface area contributed by atoms with Crippen LogP contribution in [0, 0.1) is 6.92 Å². The third kappa shape index (κ3) is 5.12. The number of nitrogens with one attached hydrogen (secondary N) is 1. The third-order valence-electron chi connectivity index (χ3n) is 2.92. The van der Waals surface area contributed by atoms with Crippen molar-refractivity contribution >= 4 is 11.8 Å². The van der Waals surface area contributed by atoms with Crippen LogP contribution < -0.4 is 5.32 Å². The molecule has 0 unspecified atom stereocenters. The Morgan fingerprint density at radius 3 is 2.68 bits per heavy atom. The van der Waals surface area contributed by atoms with E-state index in [1.165, 1.54) is 4.90 Å². The maximum absolute atomic E-state index is 11.8. The van der Waals surface area contributed by atoms with E-state index in [-0.39, 0.29) is 0 Å². The molecule has 19 heavy (non-hydrogen) atoms. The maximum Gasteiger partial charge on any atom is 0.311 e. The van der Waals surface area contributed by atoms with Gasteiger partial charge in [-0.25, -0.2) is 0 Å². The first-order valence-electron chi connectivity index (χ1n) is 6.63. The monoisotopic (exact) mass is 262 g/mol. The predicted octanol–water partition coefficient (Wildman–Crippen LogP) is 1.87. The van der Waals surface area contributed by atoms with Gasteiger partial charge in [0, 0.05) is 20.1 Å². The van der Waals surface area contributed by atoms with E-state index in [1.54, 1.807) is 7.05 Å². The molecule has 0 saturated carbocycles. The Labute approximate surface area is 114 Å². The van der Waals surface area contributed by atoms with Gasteiger partial charge in [-0.15, -0.1) is 0 Å². The van der Waals surface area contributed by atoms with Crippen LogP contribution in [0.1, 0.15) is 30.9 Å². The van der Waals surface area contributed by atoms with Crippen LogP contribution in [0.4, 0.5) is 0 Å². The standard InChI is InChI=1S/C15H22N2O2/c1-4-5-9-17(3)15(19)14(18)16-11-13-8-6-7-12(2)10-13/h6-8,10H,4-5,9,11H2,1-3H3,(H,16,18). The molecule has 1 rings (SSSR count). The molecule has 1 N–H and O–H groups in total. The van der Waals surface area contributed by atoms with Gasteiger partial charge in [0.2, 0.25) is 0 Å². The zero-order chi connectivity index (χ0) is 14.3. The highest BCUT2D eigenvalue weighted by Gasteiger charge is 2.17. The van der Waals surface area contributed by atoms with Gasteiger partial charge in [-0.1, -0.05) is 43.2 Å². The molecule has 0 aromatic heterocycles. The number of likely N-dealkylation sites (N-methyl/N-ethyl adjacent to an activating group) is 1. The third-order valence-corrected chi connectivity index (χ3v) is 2.92. The van der Waals surface area contributed by atoms with Gasteiger partial charge in [-0.2, -0.15) is 0 Å². The second kappa shape index (κ2) is 7.56. The molecule has 0 fully saturated rings. The minimum absolute atomic E-state index is 0.383. The molecule has 4 nitrogen and oxygen atoms in total. The molecule has 1 aromatic rings. The molecule has 0 aliphatic rings. The summed E-state index contributed by atoms with van der Waals surface area (Å²) in [5.41, 5.74) is 2.13. The SMILES string of the molecule is CCCCN(C)C(=O)C(=O)NCc1cccc(C)c1. The van der Waals surface area contributed by atoms with Gasteiger partial charge < -0.3 is 10.2 Å². The van der Waals surface area contributed by atoms with Gasteiger partial charge in [-0.05, 0) is 18.9 Å². The molecule has 0 radical (unpaired) electrons. The van der Waals surface area contributed by atoms with Gasteiger partial charge in [0.1, 0.15) is 0 Å². The van der Waals surface area contributed by atoms with E-state index in [1.807, 2.05) is 31.2 Å². The average molecular weight is 262 g/mol. The van der Waals surface area contributed by atoms with E-state index in [4.69, 9.17) is 0 Å². The fraction of sp³-hybridized carbons (Fsp3) is 0.467. The van der Waals surface area contributed by atoms with Crippen molar-refractivity contribution in [1.82, 2.24) is 10.2 Å². The minimum atomic E-state index is -0.542. The number of carbonyl (C=O) groups is 2. The van der Waals surface area contributed by atoms with Crippen LogP contribution in [0.25, 0.3) is 0 Å². The Bertz CT molecular complexity index is 444. The number of hydrogen-bond donors (Lipinski definition) is 1. The summed E-state index contributed by atoms with van der Waals surface area (Å²) in [4.78, 5) is 24.9. The van der Waals surface area contributed by atoms with Crippen LogP contribution in [-0.4, -0.2) is 30.3 Å². The summed E-state index contributed by atoms with van der Waals surface area (Å²) in [6.07, 6.45) is 1.91. The molecular weight excluding hydrogens is 240 g/mol. The molecule has 0 atom stereocenters. The summed E-state index contributed by atoms with van der Waals surface area (Å²) in [7, 11) is 1.66. The summed E-state index contributed by atoms with van der Waals surface area (Å²) in [5.74, 6) is -1.01. The van der Waals surface area contributed by atoms with Crippen LogP contribution in [0.5, 0.6) is 0 Å². The number of carbonyl (C=O) groups excluding carboxylic acids is 2. The van der Waals surface area contributed by atoms with E-state index < -0.39 is 11.8 Å². The molecule has 1 aromatic carbocycles. The van der Waals surface area contributed by atoms with Crippen LogP contribution >= 0.6 is 0 Å². The first kappa shape index (κ1) is 15.2. The number of rotatable bonds is 5. The summed E-state index contributed by atoms with van der Waals surface area (Å²) in [6, 6.07) is 7.85. The number of hydrogen-bond acceptors (Lipinski definition) is 2. The fourth-order valence-electron chi connectivity index (χ4n) is 1.75. The lowest BCUT2D eigenvalue weighted by Gasteiger charge is -2.16. The van der Waals surface area contributed by atoms with E-state index in [0.29, 0.717) is 13.1 Å². The molecule has 0 aliphatic carbocycles.